The number of nitrogens with one attached hydrogen (secondary N) is 1. The Labute approximate surface area is 56.5 Å². The summed E-state index contributed by atoms with van der Waals surface area (Å²) in [7, 11) is 0. The predicted octanol–water partition coefficient (Wildman–Crippen LogP) is 0.773. The van der Waals surface area contributed by atoms with Crippen molar-refractivity contribution in [1.29, 1.82) is 0 Å². The Hall–Kier alpha value is -0.340. The summed E-state index contributed by atoms with van der Waals surface area (Å²) in [4.78, 5) is 0. The van der Waals surface area contributed by atoms with Gasteiger partial charge in [-0.15, -0.1) is 6.58 Å². The molecule has 0 atom stereocenters. The highest BCUT2D eigenvalue weighted by atomic mass is 15.5. The smallest absolute Gasteiger partial charge is 0.0165 e. The summed E-state index contributed by atoms with van der Waals surface area (Å²) >= 11 is 0. The van der Waals surface area contributed by atoms with Crippen LogP contribution in [0.25, 0.3) is 0 Å². The standard InChI is InChI=1S/C7H14N2/c1-2-3-6-9-7-4-5-8-9/h2,8H,1,3-7H2. The molecule has 1 saturated heterocycles. The molecular weight excluding hydrogens is 112 g/mol. The van der Waals surface area contributed by atoms with Gasteiger partial charge < -0.3 is 0 Å². The van der Waals surface area contributed by atoms with Gasteiger partial charge >= 0.3 is 0 Å². The Morgan fingerprint density at radius 1 is 1.67 bits per heavy atom. The van der Waals surface area contributed by atoms with Crippen LogP contribution in [0.4, 0.5) is 0 Å². The minimum atomic E-state index is 1.09. The van der Waals surface area contributed by atoms with Crippen molar-refractivity contribution in [1.82, 2.24) is 10.4 Å². The van der Waals surface area contributed by atoms with Gasteiger partial charge in [0.1, 0.15) is 0 Å². The molecule has 9 heavy (non-hydrogen) atoms. The third kappa shape index (κ3) is 2.16. The van der Waals surface area contributed by atoms with Crippen LogP contribution >= 0.6 is 0 Å². The molecule has 1 rings (SSSR count). The molecule has 0 saturated carbocycles. The van der Waals surface area contributed by atoms with Gasteiger partial charge in [0.05, 0.1) is 0 Å². The molecule has 0 aromatic heterocycles. The Morgan fingerprint density at radius 3 is 3.11 bits per heavy atom. The number of hydrogen-bond donors (Lipinski definition) is 1. The average Bonchev–Trinajstić information content (AvgIpc) is 2.34. The fourth-order valence-electron chi connectivity index (χ4n) is 1.02. The Kier molecular flexibility index (Phi) is 2.74. The van der Waals surface area contributed by atoms with Crippen LogP contribution in [0.5, 0.6) is 0 Å². The molecule has 0 bridgehead atoms. The van der Waals surface area contributed by atoms with E-state index in [1.807, 2.05) is 6.08 Å². The lowest BCUT2D eigenvalue weighted by atomic mass is 10.4. The van der Waals surface area contributed by atoms with Crippen molar-refractivity contribution in [3.63, 3.8) is 0 Å². The van der Waals surface area contributed by atoms with Gasteiger partial charge in [-0.1, -0.05) is 6.08 Å². The molecule has 0 spiro atoms. The first-order valence-electron chi connectivity index (χ1n) is 3.53. The molecule has 1 heterocycles. The largest absolute Gasteiger partial charge is 0.255 e. The minimum Gasteiger partial charge on any atom is -0.255 e. The van der Waals surface area contributed by atoms with Crippen molar-refractivity contribution in [3.8, 4) is 0 Å². The topological polar surface area (TPSA) is 15.3 Å². The van der Waals surface area contributed by atoms with E-state index in [2.05, 4.69) is 17.0 Å². The van der Waals surface area contributed by atoms with Gasteiger partial charge in [-0.05, 0) is 12.8 Å². The highest BCUT2D eigenvalue weighted by Crippen LogP contribution is 1.96. The van der Waals surface area contributed by atoms with Gasteiger partial charge in [0.15, 0.2) is 0 Å². The SMILES string of the molecule is C=CCCN1CCCN1. The lowest BCUT2D eigenvalue weighted by molar-refractivity contribution is 0.259. The van der Waals surface area contributed by atoms with Crippen LogP contribution in [-0.4, -0.2) is 24.6 Å². The fourth-order valence-corrected chi connectivity index (χ4v) is 1.02. The highest BCUT2D eigenvalue weighted by molar-refractivity contribution is 4.70. The quantitative estimate of drug-likeness (QED) is 0.562. The molecular formula is C7H14N2. The van der Waals surface area contributed by atoms with E-state index < -0.39 is 0 Å². The predicted molar refractivity (Wildman–Crippen MR) is 39.0 cm³/mol. The van der Waals surface area contributed by atoms with E-state index in [0.717, 1.165) is 19.5 Å². The zero-order valence-corrected chi connectivity index (χ0v) is 5.77. The number of hydrogen-bond acceptors (Lipinski definition) is 2. The first-order chi connectivity index (χ1) is 4.43. The summed E-state index contributed by atoms with van der Waals surface area (Å²) in [5.41, 5.74) is 3.28. The second-order valence-electron chi connectivity index (χ2n) is 2.33. The van der Waals surface area contributed by atoms with Crippen molar-refractivity contribution in [3.05, 3.63) is 12.7 Å². The summed E-state index contributed by atoms with van der Waals surface area (Å²) in [6.45, 7) is 7.13. The zero-order valence-electron chi connectivity index (χ0n) is 5.77. The summed E-state index contributed by atoms with van der Waals surface area (Å²) < 4.78 is 0. The van der Waals surface area contributed by atoms with Crippen molar-refractivity contribution in [2.75, 3.05) is 19.6 Å². The fraction of sp³-hybridized carbons (Fsp3) is 0.714. The van der Waals surface area contributed by atoms with Crippen LogP contribution in [0.1, 0.15) is 12.8 Å². The van der Waals surface area contributed by atoms with Crippen molar-refractivity contribution in [2.24, 2.45) is 0 Å². The maximum atomic E-state index is 3.67. The molecule has 0 amide bonds. The molecule has 0 aromatic carbocycles. The molecule has 2 nitrogen and oxygen atoms in total. The van der Waals surface area contributed by atoms with Gasteiger partial charge in [0.2, 0.25) is 0 Å². The monoisotopic (exact) mass is 126 g/mol. The van der Waals surface area contributed by atoms with E-state index in [-0.39, 0.29) is 0 Å². The van der Waals surface area contributed by atoms with E-state index in [1.54, 1.807) is 0 Å². The third-order valence-electron chi connectivity index (χ3n) is 1.54. The van der Waals surface area contributed by atoms with Crippen LogP contribution in [0.2, 0.25) is 0 Å². The average molecular weight is 126 g/mol. The lowest BCUT2D eigenvalue weighted by Gasteiger charge is -2.12. The van der Waals surface area contributed by atoms with Gasteiger partial charge in [-0.2, -0.15) is 0 Å². The normalized spacial score (nSPS) is 20.4. The van der Waals surface area contributed by atoms with E-state index in [9.17, 15) is 0 Å². The van der Waals surface area contributed by atoms with E-state index in [0.29, 0.717) is 0 Å². The molecule has 0 aliphatic carbocycles. The summed E-state index contributed by atoms with van der Waals surface area (Å²) in [6.07, 6.45) is 4.34. The van der Waals surface area contributed by atoms with Gasteiger partial charge in [-0.3, -0.25) is 5.43 Å². The van der Waals surface area contributed by atoms with Crippen molar-refractivity contribution >= 4 is 0 Å². The van der Waals surface area contributed by atoms with Crippen LogP contribution in [0, 0.1) is 0 Å². The molecule has 0 radical (unpaired) electrons. The van der Waals surface area contributed by atoms with E-state index >= 15 is 0 Å². The molecule has 1 aliphatic rings. The summed E-state index contributed by atoms with van der Waals surface area (Å²) in [5.74, 6) is 0. The van der Waals surface area contributed by atoms with Gasteiger partial charge in [0.25, 0.3) is 0 Å². The van der Waals surface area contributed by atoms with Crippen LogP contribution < -0.4 is 5.43 Å². The van der Waals surface area contributed by atoms with Gasteiger partial charge in [0, 0.05) is 19.6 Å². The first-order valence-corrected chi connectivity index (χ1v) is 3.53. The van der Waals surface area contributed by atoms with Crippen molar-refractivity contribution in [2.45, 2.75) is 12.8 Å². The highest BCUT2D eigenvalue weighted by Gasteiger charge is 2.07. The number of nitrogens with zero attached hydrogens (tertiary/aromatic N) is 1. The molecule has 1 N–H and O–H groups in total. The van der Waals surface area contributed by atoms with Crippen molar-refractivity contribution < 1.29 is 0 Å². The zero-order chi connectivity index (χ0) is 6.53. The first kappa shape index (κ1) is 6.78. The molecule has 52 valence electrons. The van der Waals surface area contributed by atoms with Crippen LogP contribution in [0.15, 0.2) is 12.7 Å². The summed E-state index contributed by atoms with van der Waals surface area (Å²) in [6, 6.07) is 0. The maximum absolute atomic E-state index is 3.67. The second kappa shape index (κ2) is 3.64. The van der Waals surface area contributed by atoms with Crippen LogP contribution in [0.3, 0.4) is 0 Å². The number of rotatable bonds is 3. The Bertz CT molecular complexity index is 84.9. The summed E-state index contributed by atoms with van der Waals surface area (Å²) in [5, 5.41) is 2.25. The van der Waals surface area contributed by atoms with Crippen LogP contribution in [-0.2, 0) is 0 Å². The molecule has 0 unspecified atom stereocenters. The van der Waals surface area contributed by atoms with E-state index in [1.165, 1.54) is 13.0 Å². The third-order valence-corrected chi connectivity index (χ3v) is 1.54. The maximum Gasteiger partial charge on any atom is 0.0165 e. The lowest BCUT2D eigenvalue weighted by Crippen LogP contribution is -2.31. The second-order valence-corrected chi connectivity index (χ2v) is 2.33. The molecule has 1 fully saturated rings. The molecule has 1 aliphatic heterocycles. The molecule has 0 aromatic rings. The Balaban J connectivity index is 2.04. The Morgan fingerprint density at radius 2 is 2.56 bits per heavy atom. The van der Waals surface area contributed by atoms with E-state index in [4.69, 9.17) is 0 Å². The van der Waals surface area contributed by atoms with Gasteiger partial charge in [-0.25, -0.2) is 5.01 Å². The minimum absolute atomic E-state index is 1.09. The molecule has 2 heteroatoms. The number of hydrazine groups is 1.